The van der Waals surface area contributed by atoms with Crippen LogP contribution in [0.3, 0.4) is 0 Å². The predicted octanol–water partition coefficient (Wildman–Crippen LogP) is 3.47. The number of amides is 1. The van der Waals surface area contributed by atoms with Gasteiger partial charge in [0.1, 0.15) is 0 Å². The van der Waals surface area contributed by atoms with Crippen LogP contribution in [0.2, 0.25) is 0 Å². The van der Waals surface area contributed by atoms with Crippen molar-refractivity contribution >= 4 is 23.0 Å². The summed E-state index contributed by atoms with van der Waals surface area (Å²) in [6.45, 7) is 1.94. The van der Waals surface area contributed by atoms with Crippen molar-refractivity contribution in [3.63, 3.8) is 0 Å². The summed E-state index contributed by atoms with van der Waals surface area (Å²) >= 11 is 0. The van der Waals surface area contributed by atoms with Crippen LogP contribution < -0.4 is 16.8 Å². The van der Waals surface area contributed by atoms with Crippen LogP contribution in [-0.4, -0.2) is 10.9 Å². The minimum Gasteiger partial charge on any atom is -0.397 e. The van der Waals surface area contributed by atoms with Gasteiger partial charge in [0, 0.05) is 17.3 Å². The van der Waals surface area contributed by atoms with Crippen molar-refractivity contribution in [1.82, 2.24) is 4.98 Å². The van der Waals surface area contributed by atoms with Crippen molar-refractivity contribution in [3.8, 4) is 11.3 Å². The molecule has 0 radical (unpaired) electrons. The molecule has 1 amide bonds. The van der Waals surface area contributed by atoms with Crippen molar-refractivity contribution in [2.75, 3.05) is 16.8 Å². The molecule has 1 heterocycles. The Kier molecular flexibility index (Phi) is 4.16. The number of para-hydroxylation sites is 2. The number of nitrogens with zero attached hydrogens (tertiary/aromatic N) is 1. The number of carbonyl (C=O) groups excluding carboxylic acids is 1. The van der Waals surface area contributed by atoms with E-state index in [1.165, 1.54) is 0 Å². The molecular formula is C19H18N4O. The first-order valence-electron chi connectivity index (χ1n) is 7.53. The van der Waals surface area contributed by atoms with Crippen LogP contribution in [0.1, 0.15) is 15.9 Å². The van der Waals surface area contributed by atoms with E-state index in [0.717, 1.165) is 11.1 Å². The third-order valence-electron chi connectivity index (χ3n) is 3.68. The van der Waals surface area contributed by atoms with Crippen LogP contribution in [0, 0.1) is 6.92 Å². The minimum absolute atomic E-state index is 0.218. The fourth-order valence-corrected chi connectivity index (χ4v) is 2.42. The highest BCUT2D eigenvalue weighted by molar-refractivity contribution is 6.05. The lowest BCUT2D eigenvalue weighted by Crippen LogP contribution is -2.13. The van der Waals surface area contributed by atoms with E-state index in [1.54, 1.807) is 30.5 Å². The third kappa shape index (κ3) is 3.20. The molecule has 5 nitrogen and oxygen atoms in total. The molecule has 5 N–H and O–H groups in total. The van der Waals surface area contributed by atoms with Gasteiger partial charge < -0.3 is 16.8 Å². The zero-order valence-electron chi connectivity index (χ0n) is 13.3. The van der Waals surface area contributed by atoms with Gasteiger partial charge in [0.15, 0.2) is 0 Å². The molecule has 0 atom stereocenters. The van der Waals surface area contributed by atoms with Gasteiger partial charge in [-0.25, -0.2) is 0 Å². The van der Waals surface area contributed by atoms with Gasteiger partial charge in [-0.2, -0.15) is 0 Å². The number of nitrogens with one attached hydrogen (secondary N) is 1. The average molecular weight is 318 g/mol. The molecule has 0 saturated heterocycles. The van der Waals surface area contributed by atoms with Gasteiger partial charge in [0.25, 0.3) is 5.91 Å². The second-order valence-electron chi connectivity index (χ2n) is 5.57. The molecule has 5 heteroatoms. The van der Waals surface area contributed by atoms with Crippen LogP contribution >= 0.6 is 0 Å². The topological polar surface area (TPSA) is 94.0 Å². The van der Waals surface area contributed by atoms with Crippen molar-refractivity contribution in [2.45, 2.75) is 6.92 Å². The molecule has 0 unspecified atom stereocenters. The number of rotatable bonds is 3. The van der Waals surface area contributed by atoms with Crippen LogP contribution in [0.4, 0.5) is 17.1 Å². The van der Waals surface area contributed by atoms with Gasteiger partial charge in [-0.3, -0.25) is 9.78 Å². The van der Waals surface area contributed by atoms with E-state index in [4.69, 9.17) is 11.5 Å². The summed E-state index contributed by atoms with van der Waals surface area (Å²) < 4.78 is 0. The Morgan fingerprint density at radius 2 is 1.71 bits per heavy atom. The molecule has 0 saturated carbocycles. The van der Waals surface area contributed by atoms with Crippen LogP contribution in [0.5, 0.6) is 0 Å². The molecule has 120 valence electrons. The highest BCUT2D eigenvalue weighted by Gasteiger charge is 2.09. The molecule has 1 aromatic heterocycles. The fraction of sp³-hybridized carbons (Fsp3) is 0.0526. The molecule has 24 heavy (non-hydrogen) atoms. The SMILES string of the molecule is Cc1cnc(-c2ccc(C(=O)Nc3ccccc3N)cc2)c(N)c1. The largest absolute Gasteiger partial charge is 0.397 e. The Morgan fingerprint density at radius 1 is 1.00 bits per heavy atom. The van der Waals surface area contributed by atoms with Crippen LogP contribution in [0.25, 0.3) is 11.3 Å². The van der Waals surface area contributed by atoms with E-state index in [0.29, 0.717) is 28.3 Å². The Hall–Kier alpha value is -3.34. The molecule has 2 aromatic carbocycles. The third-order valence-corrected chi connectivity index (χ3v) is 3.68. The monoisotopic (exact) mass is 318 g/mol. The summed E-state index contributed by atoms with van der Waals surface area (Å²) in [5.41, 5.74) is 16.7. The Labute approximate surface area is 140 Å². The lowest BCUT2D eigenvalue weighted by atomic mass is 10.1. The molecular weight excluding hydrogens is 300 g/mol. The summed E-state index contributed by atoms with van der Waals surface area (Å²) in [6.07, 6.45) is 1.77. The van der Waals surface area contributed by atoms with Crippen LogP contribution in [0.15, 0.2) is 60.8 Å². The van der Waals surface area contributed by atoms with Gasteiger partial charge in [-0.15, -0.1) is 0 Å². The summed E-state index contributed by atoms with van der Waals surface area (Å²) in [4.78, 5) is 16.7. The van der Waals surface area contributed by atoms with Crippen LogP contribution in [-0.2, 0) is 0 Å². The van der Waals surface area contributed by atoms with E-state index in [2.05, 4.69) is 10.3 Å². The Morgan fingerprint density at radius 3 is 2.38 bits per heavy atom. The first kappa shape index (κ1) is 15.6. The number of aromatic nitrogens is 1. The average Bonchev–Trinajstić information content (AvgIpc) is 2.57. The first-order chi connectivity index (χ1) is 11.5. The number of nitrogens with two attached hydrogens (primary N) is 2. The van der Waals surface area contributed by atoms with E-state index in [-0.39, 0.29) is 5.91 Å². The van der Waals surface area contributed by atoms with E-state index < -0.39 is 0 Å². The lowest BCUT2D eigenvalue weighted by molar-refractivity contribution is 0.102. The number of carbonyl (C=O) groups is 1. The number of pyridine rings is 1. The lowest BCUT2D eigenvalue weighted by Gasteiger charge is -2.09. The number of anilines is 3. The van der Waals surface area contributed by atoms with Crippen molar-refractivity contribution in [3.05, 3.63) is 71.9 Å². The van der Waals surface area contributed by atoms with Gasteiger partial charge in [0.05, 0.1) is 22.8 Å². The standard InChI is InChI=1S/C19H18N4O/c1-12-10-16(21)18(22-11-12)13-6-8-14(9-7-13)19(24)23-17-5-3-2-4-15(17)20/h2-11H,20-21H2,1H3,(H,23,24). The van der Waals surface area contributed by atoms with Gasteiger partial charge in [-0.1, -0.05) is 24.3 Å². The molecule has 0 bridgehead atoms. The summed E-state index contributed by atoms with van der Waals surface area (Å²) in [6, 6.07) is 16.2. The number of benzene rings is 2. The molecule has 3 rings (SSSR count). The summed E-state index contributed by atoms with van der Waals surface area (Å²) in [5, 5.41) is 2.80. The molecule has 0 aliphatic heterocycles. The van der Waals surface area contributed by atoms with E-state index in [9.17, 15) is 4.79 Å². The Bertz CT molecular complexity index is 888. The minimum atomic E-state index is -0.218. The second kappa shape index (κ2) is 6.42. The molecule has 0 fully saturated rings. The van der Waals surface area contributed by atoms with Crippen molar-refractivity contribution < 1.29 is 4.79 Å². The van der Waals surface area contributed by atoms with Gasteiger partial charge in [0.2, 0.25) is 0 Å². The number of aryl methyl sites for hydroxylation is 1. The van der Waals surface area contributed by atoms with Gasteiger partial charge >= 0.3 is 0 Å². The number of nitrogen functional groups attached to an aromatic ring is 2. The molecule has 0 aliphatic rings. The number of hydrogen-bond acceptors (Lipinski definition) is 4. The first-order valence-corrected chi connectivity index (χ1v) is 7.53. The highest BCUT2D eigenvalue weighted by atomic mass is 16.1. The zero-order valence-corrected chi connectivity index (χ0v) is 13.3. The normalized spacial score (nSPS) is 10.4. The van der Waals surface area contributed by atoms with Gasteiger partial charge in [-0.05, 0) is 42.8 Å². The predicted molar refractivity (Wildman–Crippen MR) is 97.6 cm³/mol. The number of hydrogen-bond donors (Lipinski definition) is 3. The maximum atomic E-state index is 12.3. The quantitative estimate of drug-likeness (QED) is 0.644. The summed E-state index contributed by atoms with van der Waals surface area (Å²) in [5.74, 6) is -0.218. The second-order valence-corrected chi connectivity index (χ2v) is 5.57. The maximum absolute atomic E-state index is 12.3. The summed E-state index contributed by atoms with van der Waals surface area (Å²) in [7, 11) is 0. The molecule has 0 spiro atoms. The fourth-order valence-electron chi connectivity index (χ4n) is 2.42. The Balaban J connectivity index is 1.81. The molecule has 0 aliphatic carbocycles. The highest BCUT2D eigenvalue weighted by Crippen LogP contribution is 2.25. The van der Waals surface area contributed by atoms with Crippen molar-refractivity contribution in [2.24, 2.45) is 0 Å². The van der Waals surface area contributed by atoms with E-state index >= 15 is 0 Å². The maximum Gasteiger partial charge on any atom is 0.255 e. The van der Waals surface area contributed by atoms with Crippen molar-refractivity contribution in [1.29, 1.82) is 0 Å². The smallest absolute Gasteiger partial charge is 0.255 e. The zero-order chi connectivity index (χ0) is 17.1. The molecule has 3 aromatic rings. The van der Waals surface area contributed by atoms with E-state index in [1.807, 2.05) is 37.3 Å².